The lowest BCUT2D eigenvalue weighted by Crippen LogP contribution is -2.13. The summed E-state index contributed by atoms with van der Waals surface area (Å²) in [5, 5.41) is 9.71. The normalized spacial score (nSPS) is 14.4. The Labute approximate surface area is 129 Å². The van der Waals surface area contributed by atoms with E-state index in [0.29, 0.717) is 12.2 Å². The van der Waals surface area contributed by atoms with E-state index >= 15 is 0 Å². The first-order valence-electron chi connectivity index (χ1n) is 8.65. The average Bonchev–Trinajstić information content (AvgIpc) is 2.42. The predicted octanol–water partition coefficient (Wildman–Crippen LogP) is 4.82. The Morgan fingerprint density at radius 3 is 1.70 bits per heavy atom. The topological polar surface area (TPSA) is 43.3 Å². The third kappa shape index (κ3) is 16.3. The fraction of sp³-hybridized carbons (Fsp3) is 1.00. The molecule has 0 bridgehead atoms. The summed E-state index contributed by atoms with van der Waals surface area (Å²) in [5.74, 6) is 0.638. The van der Waals surface area contributed by atoms with E-state index in [1.54, 1.807) is 6.26 Å². The minimum absolute atomic E-state index is 0.238. The van der Waals surface area contributed by atoms with Gasteiger partial charge in [0.15, 0.2) is 0 Å². The molecule has 0 saturated heterocycles. The first-order valence-corrected chi connectivity index (χ1v) is 10.4. The summed E-state index contributed by atoms with van der Waals surface area (Å²) in [5.41, 5.74) is 0. The van der Waals surface area contributed by atoms with Crippen molar-refractivity contribution in [3.8, 4) is 0 Å². The van der Waals surface area contributed by atoms with Crippen molar-refractivity contribution >= 4 is 11.2 Å². The molecule has 0 fully saturated rings. The molecule has 2 nitrogen and oxygen atoms in total. The van der Waals surface area contributed by atoms with E-state index in [1.807, 2.05) is 0 Å². The third-order valence-electron chi connectivity index (χ3n) is 3.88. The van der Waals surface area contributed by atoms with E-state index in [9.17, 15) is 9.66 Å². The molecule has 2 unspecified atom stereocenters. The highest BCUT2D eigenvalue weighted by Gasteiger charge is 2.07. The van der Waals surface area contributed by atoms with Crippen LogP contribution in [0.1, 0.15) is 90.4 Å². The standard InChI is InChI=1S/C17H36O2S/c1-3-4-5-6-7-8-9-10-11-12-13-14-17(18)15-16-20(2)19/h17-18H,3-16H2,1-2H3. The molecule has 0 aromatic carbocycles. The number of aliphatic hydroxyl groups is 1. The maximum Gasteiger partial charge on any atom is 0.107 e. The second-order valence-electron chi connectivity index (χ2n) is 6.04. The highest BCUT2D eigenvalue weighted by Crippen LogP contribution is 2.13. The van der Waals surface area contributed by atoms with Crippen LogP contribution in [0, 0.1) is 0 Å². The zero-order valence-electron chi connectivity index (χ0n) is 13.7. The molecule has 2 atom stereocenters. The molecule has 3 heteroatoms. The van der Waals surface area contributed by atoms with Gasteiger partial charge in [0.05, 0.1) is 12.4 Å². The second kappa shape index (κ2) is 15.7. The molecule has 0 amide bonds. The van der Waals surface area contributed by atoms with Crippen LogP contribution < -0.4 is 0 Å². The maximum atomic E-state index is 10.9. The van der Waals surface area contributed by atoms with E-state index in [2.05, 4.69) is 6.92 Å². The molecular weight excluding hydrogens is 268 g/mol. The molecule has 0 radical (unpaired) electrons. The summed E-state index contributed by atoms with van der Waals surface area (Å²) in [6, 6.07) is 0. The van der Waals surface area contributed by atoms with Gasteiger partial charge in [0, 0.05) is 6.42 Å². The lowest BCUT2D eigenvalue weighted by molar-refractivity contribution is 0.157. The average molecular weight is 305 g/mol. The van der Waals surface area contributed by atoms with Crippen LogP contribution in [-0.2, 0) is 11.2 Å². The number of aliphatic hydroxyl groups excluding tert-OH is 1. The molecule has 0 aliphatic carbocycles. The summed E-state index contributed by atoms with van der Waals surface area (Å²) >= 11 is -0.762. The van der Waals surface area contributed by atoms with Gasteiger partial charge in [-0.3, -0.25) is 0 Å². The SMILES string of the molecule is CCCCCCCCCCCCCC(O)CC[S+](C)[O-]. The molecule has 0 saturated carbocycles. The molecule has 0 aromatic heterocycles. The van der Waals surface area contributed by atoms with E-state index in [1.165, 1.54) is 64.2 Å². The molecule has 20 heavy (non-hydrogen) atoms. The predicted molar refractivity (Wildman–Crippen MR) is 90.6 cm³/mol. The molecular formula is C17H36O2S. The monoisotopic (exact) mass is 304 g/mol. The first kappa shape index (κ1) is 20.3. The quantitative estimate of drug-likeness (QED) is 0.348. The van der Waals surface area contributed by atoms with Gasteiger partial charge in [0.2, 0.25) is 0 Å². The van der Waals surface area contributed by atoms with Gasteiger partial charge in [-0.15, -0.1) is 0 Å². The lowest BCUT2D eigenvalue weighted by atomic mass is 10.0. The van der Waals surface area contributed by atoms with Gasteiger partial charge in [-0.1, -0.05) is 88.7 Å². The number of unbranched alkanes of at least 4 members (excludes halogenated alkanes) is 10. The van der Waals surface area contributed by atoms with E-state index in [4.69, 9.17) is 0 Å². The fourth-order valence-electron chi connectivity index (χ4n) is 2.49. The van der Waals surface area contributed by atoms with Gasteiger partial charge in [0.25, 0.3) is 0 Å². The Bertz CT molecular complexity index is 186. The zero-order valence-corrected chi connectivity index (χ0v) is 14.6. The molecule has 1 N–H and O–H groups in total. The van der Waals surface area contributed by atoms with Crippen molar-refractivity contribution in [1.82, 2.24) is 0 Å². The summed E-state index contributed by atoms with van der Waals surface area (Å²) in [7, 11) is 0. The third-order valence-corrected chi connectivity index (χ3v) is 4.69. The van der Waals surface area contributed by atoms with Crippen LogP contribution in [0.3, 0.4) is 0 Å². The molecule has 0 aliphatic rings. The van der Waals surface area contributed by atoms with Gasteiger partial charge < -0.3 is 9.66 Å². The van der Waals surface area contributed by atoms with Crippen LogP contribution in [0.4, 0.5) is 0 Å². The number of hydrogen-bond acceptors (Lipinski definition) is 2. The van der Waals surface area contributed by atoms with Crippen LogP contribution in [0.5, 0.6) is 0 Å². The van der Waals surface area contributed by atoms with Gasteiger partial charge in [-0.2, -0.15) is 0 Å². The Morgan fingerprint density at radius 1 is 0.800 bits per heavy atom. The first-order chi connectivity index (χ1) is 9.66. The minimum Gasteiger partial charge on any atom is -0.617 e. The Balaban J connectivity index is 3.09. The fourth-order valence-corrected chi connectivity index (χ4v) is 3.09. The van der Waals surface area contributed by atoms with Crippen LogP contribution >= 0.6 is 0 Å². The van der Waals surface area contributed by atoms with Crippen LogP contribution in [0.25, 0.3) is 0 Å². The summed E-state index contributed by atoms with van der Waals surface area (Å²) in [6.45, 7) is 2.26. The number of hydrogen-bond donors (Lipinski definition) is 1. The van der Waals surface area contributed by atoms with Gasteiger partial charge in [-0.05, 0) is 6.42 Å². The van der Waals surface area contributed by atoms with Gasteiger partial charge >= 0.3 is 0 Å². The Morgan fingerprint density at radius 2 is 1.25 bits per heavy atom. The summed E-state index contributed by atoms with van der Waals surface area (Å²) < 4.78 is 10.9. The summed E-state index contributed by atoms with van der Waals surface area (Å²) in [4.78, 5) is 0. The van der Waals surface area contributed by atoms with Crippen molar-refractivity contribution in [3.05, 3.63) is 0 Å². The highest BCUT2D eigenvalue weighted by molar-refractivity contribution is 7.90. The number of rotatable bonds is 15. The van der Waals surface area contributed by atoms with Crippen LogP contribution in [0.2, 0.25) is 0 Å². The van der Waals surface area contributed by atoms with Crippen LogP contribution in [-0.4, -0.2) is 27.8 Å². The molecule has 0 aliphatic heterocycles. The maximum absolute atomic E-state index is 10.9. The van der Waals surface area contributed by atoms with E-state index < -0.39 is 11.2 Å². The molecule has 0 spiro atoms. The largest absolute Gasteiger partial charge is 0.617 e. The van der Waals surface area contributed by atoms with Crippen molar-refractivity contribution in [2.45, 2.75) is 96.5 Å². The van der Waals surface area contributed by atoms with Crippen molar-refractivity contribution < 1.29 is 9.66 Å². The Kier molecular flexibility index (Phi) is 15.9. The molecule has 0 aromatic rings. The zero-order chi connectivity index (χ0) is 15.1. The minimum atomic E-state index is -0.762. The summed E-state index contributed by atoms with van der Waals surface area (Å²) in [6.07, 6.45) is 17.8. The molecule has 0 rings (SSSR count). The van der Waals surface area contributed by atoms with Crippen molar-refractivity contribution in [2.24, 2.45) is 0 Å². The van der Waals surface area contributed by atoms with Crippen molar-refractivity contribution in [2.75, 3.05) is 12.0 Å². The van der Waals surface area contributed by atoms with E-state index in [-0.39, 0.29) is 6.10 Å². The van der Waals surface area contributed by atoms with Gasteiger partial charge in [-0.25, -0.2) is 0 Å². The van der Waals surface area contributed by atoms with Crippen molar-refractivity contribution in [1.29, 1.82) is 0 Å². The van der Waals surface area contributed by atoms with Crippen molar-refractivity contribution in [3.63, 3.8) is 0 Å². The smallest absolute Gasteiger partial charge is 0.107 e. The van der Waals surface area contributed by atoms with E-state index in [0.717, 1.165) is 12.8 Å². The highest BCUT2D eigenvalue weighted by atomic mass is 32.2. The van der Waals surface area contributed by atoms with Gasteiger partial charge in [0.1, 0.15) is 5.75 Å². The molecule has 0 heterocycles. The second-order valence-corrected chi connectivity index (χ2v) is 7.60. The Hall–Kier alpha value is 0.270. The van der Waals surface area contributed by atoms with Crippen LogP contribution in [0.15, 0.2) is 0 Å². The molecule has 122 valence electrons. The lowest BCUT2D eigenvalue weighted by Gasteiger charge is -2.11.